The number of aromatic nitrogens is 2. The van der Waals surface area contributed by atoms with Crippen molar-refractivity contribution in [3.63, 3.8) is 0 Å². The molecule has 0 radical (unpaired) electrons. The second-order valence-electron chi connectivity index (χ2n) is 7.86. The van der Waals surface area contributed by atoms with Gasteiger partial charge in [0.25, 0.3) is 0 Å². The Morgan fingerprint density at radius 3 is 2.59 bits per heavy atom. The lowest BCUT2D eigenvalue weighted by Crippen LogP contribution is -2.51. The maximum absolute atomic E-state index is 4.75. The second-order valence-corrected chi connectivity index (χ2v) is 8.59. The van der Waals surface area contributed by atoms with Crippen LogP contribution < -0.4 is 4.90 Å². The lowest BCUT2D eigenvalue weighted by molar-refractivity contribution is 0.135. The Morgan fingerprint density at radius 1 is 1.14 bits per heavy atom. The number of hydrogen-bond acceptors (Lipinski definition) is 5. The maximum atomic E-state index is 4.75. The summed E-state index contributed by atoms with van der Waals surface area (Å²) in [7, 11) is 0. The van der Waals surface area contributed by atoms with E-state index in [9.17, 15) is 0 Å². The van der Waals surface area contributed by atoms with Crippen molar-refractivity contribution in [1.29, 1.82) is 0 Å². The molecule has 0 spiro atoms. The molecule has 2 bridgehead atoms. The molecule has 1 aromatic rings. The van der Waals surface area contributed by atoms with Gasteiger partial charge in [-0.2, -0.15) is 4.37 Å². The molecule has 3 unspecified atom stereocenters. The Labute approximate surface area is 138 Å². The van der Waals surface area contributed by atoms with Gasteiger partial charge >= 0.3 is 0 Å². The predicted molar refractivity (Wildman–Crippen MR) is 91.5 cm³/mol. The van der Waals surface area contributed by atoms with E-state index < -0.39 is 0 Å². The topological polar surface area (TPSA) is 32.3 Å². The number of fused-ring (bicyclic) bond motifs is 2. The Hall–Kier alpha value is -0.680. The minimum Gasteiger partial charge on any atom is -0.344 e. The Bertz CT molecular complexity index is 507. The summed E-state index contributed by atoms with van der Waals surface area (Å²) in [5, 5.41) is 1.14. The Balaban J connectivity index is 1.33. The zero-order valence-electron chi connectivity index (χ0n) is 13.9. The molecule has 0 amide bonds. The average Bonchev–Trinajstić information content (AvgIpc) is 3.23. The van der Waals surface area contributed by atoms with E-state index in [1.165, 1.54) is 38.8 Å². The van der Waals surface area contributed by atoms with Crippen molar-refractivity contribution in [3.05, 3.63) is 5.82 Å². The molecule has 1 aliphatic heterocycles. The van der Waals surface area contributed by atoms with E-state index >= 15 is 0 Å². The Kier molecular flexibility index (Phi) is 4.11. The van der Waals surface area contributed by atoms with Gasteiger partial charge in [-0.05, 0) is 37.0 Å². The zero-order chi connectivity index (χ0) is 15.1. The SMILES string of the molecule is CC(C)Cc1nsc(N2CCN(C3CC4CCC3C4)CC2)n1. The summed E-state index contributed by atoms with van der Waals surface area (Å²) < 4.78 is 4.53. The molecule has 3 fully saturated rings. The molecular weight excluding hydrogens is 292 g/mol. The maximum Gasteiger partial charge on any atom is 0.205 e. The first-order chi connectivity index (χ1) is 10.7. The third-order valence-electron chi connectivity index (χ3n) is 5.80. The summed E-state index contributed by atoms with van der Waals surface area (Å²) in [6, 6.07) is 0.895. The first kappa shape index (κ1) is 14.9. The molecule has 0 aromatic carbocycles. The predicted octanol–water partition coefficient (Wildman–Crippen LogP) is 3.05. The molecule has 2 saturated carbocycles. The van der Waals surface area contributed by atoms with E-state index in [2.05, 4.69) is 28.0 Å². The van der Waals surface area contributed by atoms with Crippen LogP contribution in [0.1, 0.15) is 45.4 Å². The third-order valence-corrected chi connectivity index (χ3v) is 6.62. The molecule has 5 heteroatoms. The molecule has 22 heavy (non-hydrogen) atoms. The van der Waals surface area contributed by atoms with Gasteiger partial charge in [0.1, 0.15) is 5.82 Å². The van der Waals surface area contributed by atoms with E-state index in [1.807, 2.05) is 0 Å². The van der Waals surface area contributed by atoms with Gasteiger partial charge in [0, 0.05) is 50.2 Å². The van der Waals surface area contributed by atoms with Crippen molar-refractivity contribution in [1.82, 2.24) is 14.3 Å². The molecule has 4 rings (SSSR count). The van der Waals surface area contributed by atoms with Gasteiger partial charge in [-0.1, -0.05) is 20.3 Å². The van der Waals surface area contributed by atoms with E-state index in [0.717, 1.165) is 48.3 Å². The molecule has 2 heterocycles. The van der Waals surface area contributed by atoms with Crippen LogP contribution in [0.3, 0.4) is 0 Å². The molecule has 0 N–H and O–H groups in total. The number of anilines is 1. The first-order valence-corrected chi connectivity index (χ1v) is 9.78. The number of piperazine rings is 1. The fraction of sp³-hybridized carbons (Fsp3) is 0.882. The summed E-state index contributed by atoms with van der Waals surface area (Å²) in [5.74, 6) is 3.73. The van der Waals surface area contributed by atoms with Gasteiger partial charge in [0.05, 0.1) is 0 Å². The molecule has 122 valence electrons. The number of rotatable bonds is 4. The van der Waals surface area contributed by atoms with Crippen molar-refractivity contribution in [3.8, 4) is 0 Å². The lowest BCUT2D eigenvalue weighted by atomic mass is 9.93. The van der Waals surface area contributed by atoms with Crippen molar-refractivity contribution in [2.45, 2.75) is 52.0 Å². The van der Waals surface area contributed by atoms with Crippen LogP contribution in [0, 0.1) is 17.8 Å². The summed E-state index contributed by atoms with van der Waals surface area (Å²) in [6.45, 7) is 9.15. The molecular formula is C17H28N4S. The van der Waals surface area contributed by atoms with Crippen LogP contribution >= 0.6 is 11.5 Å². The van der Waals surface area contributed by atoms with Crippen molar-refractivity contribution in [2.75, 3.05) is 31.1 Å². The second kappa shape index (κ2) is 6.08. The van der Waals surface area contributed by atoms with Gasteiger partial charge in [-0.25, -0.2) is 4.98 Å². The van der Waals surface area contributed by atoms with Crippen molar-refractivity contribution in [2.24, 2.45) is 17.8 Å². The van der Waals surface area contributed by atoms with Gasteiger partial charge in [0.2, 0.25) is 5.13 Å². The monoisotopic (exact) mass is 320 g/mol. The van der Waals surface area contributed by atoms with Crippen LogP contribution in [0.2, 0.25) is 0 Å². The van der Waals surface area contributed by atoms with Crippen LogP contribution in [-0.2, 0) is 6.42 Å². The highest BCUT2D eigenvalue weighted by Gasteiger charge is 2.42. The normalized spacial score (nSPS) is 32.3. The molecule has 1 saturated heterocycles. The molecule has 3 atom stereocenters. The minimum absolute atomic E-state index is 0.636. The summed E-state index contributed by atoms with van der Waals surface area (Å²) >= 11 is 1.59. The Morgan fingerprint density at radius 2 is 1.95 bits per heavy atom. The summed E-state index contributed by atoms with van der Waals surface area (Å²) in [5.41, 5.74) is 0. The minimum atomic E-state index is 0.636. The van der Waals surface area contributed by atoms with Crippen LogP contribution in [0.5, 0.6) is 0 Å². The lowest BCUT2D eigenvalue weighted by Gasteiger charge is -2.40. The highest BCUT2D eigenvalue weighted by Crippen LogP contribution is 2.46. The summed E-state index contributed by atoms with van der Waals surface area (Å²) in [4.78, 5) is 9.97. The average molecular weight is 321 g/mol. The van der Waals surface area contributed by atoms with Crippen LogP contribution in [-0.4, -0.2) is 46.5 Å². The van der Waals surface area contributed by atoms with Crippen molar-refractivity contribution >= 4 is 16.7 Å². The van der Waals surface area contributed by atoms with Crippen molar-refractivity contribution < 1.29 is 0 Å². The van der Waals surface area contributed by atoms with Gasteiger partial charge in [-0.15, -0.1) is 0 Å². The van der Waals surface area contributed by atoms with Crippen LogP contribution in [0.4, 0.5) is 5.13 Å². The quantitative estimate of drug-likeness (QED) is 0.853. The van der Waals surface area contributed by atoms with E-state index in [4.69, 9.17) is 4.98 Å². The summed E-state index contributed by atoms with van der Waals surface area (Å²) in [6.07, 6.45) is 6.98. The van der Waals surface area contributed by atoms with E-state index in [1.54, 1.807) is 11.5 Å². The fourth-order valence-electron chi connectivity index (χ4n) is 4.72. The van der Waals surface area contributed by atoms with Gasteiger partial charge in [0.15, 0.2) is 0 Å². The van der Waals surface area contributed by atoms with Gasteiger partial charge in [-0.3, -0.25) is 4.90 Å². The zero-order valence-corrected chi connectivity index (χ0v) is 14.7. The largest absolute Gasteiger partial charge is 0.344 e. The van der Waals surface area contributed by atoms with Gasteiger partial charge < -0.3 is 4.90 Å². The molecule has 3 aliphatic rings. The number of nitrogens with zero attached hydrogens (tertiary/aromatic N) is 4. The highest BCUT2D eigenvalue weighted by molar-refractivity contribution is 7.09. The molecule has 1 aromatic heterocycles. The third kappa shape index (κ3) is 2.90. The standard InChI is InChI=1S/C17H28N4S/c1-12(2)9-16-18-17(22-19-16)21-7-5-20(6-8-21)15-11-13-3-4-14(15)10-13/h12-15H,3-11H2,1-2H3. The van der Waals surface area contributed by atoms with E-state index in [-0.39, 0.29) is 0 Å². The van der Waals surface area contributed by atoms with Crippen LogP contribution in [0.25, 0.3) is 0 Å². The smallest absolute Gasteiger partial charge is 0.205 e. The van der Waals surface area contributed by atoms with E-state index in [0.29, 0.717) is 5.92 Å². The molecule has 4 nitrogen and oxygen atoms in total. The number of hydrogen-bond donors (Lipinski definition) is 0. The van der Waals surface area contributed by atoms with Crippen LogP contribution in [0.15, 0.2) is 0 Å². The first-order valence-electron chi connectivity index (χ1n) is 9.00. The fourth-order valence-corrected chi connectivity index (χ4v) is 5.47. The highest BCUT2D eigenvalue weighted by atomic mass is 32.1. The molecule has 2 aliphatic carbocycles.